The number of benzene rings is 2. The van der Waals surface area contributed by atoms with Gasteiger partial charge >= 0.3 is 0 Å². The van der Waals surface area contributed by atoms with Crippen LogP contribution in [0.25, 0.3) is 0 Å². The molecule has 0 spiro atoms. The van der Waals surface area contributed by atoms with Crippen molar-refractivity contribution < 1.29 is 22.7 Å². The van der Waals surface area contributed by atoms with Crippen molar-refractivity contribution >= 4 is 56.4 Å². The Bertz CT molecular complexity index is 1090. The number of anilines is 2. The Morgan fingerprint density at radius 3 is 2.70 bits per heavy atom. The van der Waals surface area contributed by atoms with E-state index >= 15 is 0 Å². The van der Waals surface area contributed by atoms with Gasteiger partial charge in [-0.05, 0) is 42.8 Å². The minimum absolute atomic E-state index is 0.0670. The summed E-state index contributed by atoms with van der Waals surface area (Å²) >= 11 is 7.44. The largest absolute Gasteiger partial charge is 0.495 e. The number of nitrogens with one attached hydrogen (secondary N) is 2. The monoisotopic (exact) mass is 468 g/mol. The van der Waals surface area contributed by atoms with E-state index in [2.05, 4.69) is 10.6 Å². The quantitative estimate of drug-likeness (QED) is 0.637. The second-order valence-electron chi connectivity index (χ2n) is 6.63. The lowest BCUT2D eigenvalue weighted by molar-refractivity contribution is -0.116. The Balaban J connectivity index is 1.65. The molecule has 1 atom stereocenters. The van der Waals surface area contributed by atoms with Crippen molar-refractivity contribution in [3.8, 4) is 5.75 Å². The van der Waals surface area contributed by atoms with Gasteiger partial charge in [-0.15, -0.1) is 11.8 Å². The van der Waals surface area contributed by atoms with Gasteiger partial charge < -0.3 is 15.4 Å². The van der Waals surface area contributed by atoms with Crippen molar-refractivity contribution in [2.45, 2.75) is 34.8 Å². The summed E-state index contributed by atoms with van der Waals surface area (Å²) in [5, 5.41) is 5.53. The molecule has 0 aromatic heterocycles. The molecule has 2 N–H and O–H groups in total. The number of hydrogen-bond acceptors (Lipinski definition) is 6. The average Bonchev–Trinajstić information content (AvgIpc) is 2.71. The number of hydrogen-bond donors (Lipinski definition) is 2. The van der Waals surface area contributed by atoms with E-state index in [1.54, 1.807) is 18.2 Å². The summed E-state index contributed by atoms with van der Waals surface area (Å²) in [7, 11) is -2.22. The molecular weight excluding hydrogens is 448 g/mol. The van der Waals surface area contributed by atoms with E-state index < -0.39 is 15.7 Å². The van der Waals surface area contributed by atoms with Crippen LogP contribution >= 0.6 is 23.4 Å². The zero-order chi connectivity index (χ0) is 21.9. The fourth-order valence-corrected chi connectivity index (χ4v) is 5.45. The standard InChI is InChI=1S/C20H21ClN2O5S2/c1-3-17-20(25)23-15-11-13(5-7-18(15)29-17)30(26,27)9-8-19(24)22-12-4-6-16(28-2)14(21)10-12/h4-7,10-11,17H,3,8-9H2,1-2H3,(H,22,24)(H,23,25)/t17-/m0/s1. The maximum Gasteiger partial charge on any atom is 0.237 e. The molecule has 30 heavy (non-hydrogen) atoms. The normalized spacial score (nSPS) is 15.8. The molecule has 2 aromatic rings. The van der Waals surface area contributed by atoms with Crippen molar-refractivity contribution in [3.63, 3.8) is 0 Å². The first-order valence-corrected chi connectivity index (χ1v) is 12.1. The Labute approximate surface area is 184 Å². The van der Waals surface area contributed by atoms with Gasteiger partial charge in [0.15, 0.2) is 9.84 Å². The summed E-state index contributed by atoms with van der Waals surface area (Å²) in [6, 6.07) is 9.39. The molecule has 2 aromatic carbocycles. The van der Waals surface area contributed by atoms with Gasteiger partial charge in [0.1, 0.15) is 5.75 Å². The van der Waals surface area contributed by atoms with Crippen molar-refractivity contribution in [3.05, 3.63) is 41.4 Å². The zero-order valence-electron chi connectivity index (χ0n) is 16.4. The highest BCUT2D eigenvalue weighted by atomic mass is 35.5. The first kappa shape index (κ1) is 22.5. The molecule has 1 aliphatic rings. The van der Waals surface area contributed by atoms with Gasteiger partial charge in [-0.3, -0.25) is 9.59 Å². The summed E-state index contributed by atoms with van der Waals surface area (Å²) in [6.45, 7) is 1.92. The molecule has 0 bridgehead atoms. The first-order chi connectivity index (χ1) is 14.2. The number of rotatable bonds is 7. The highest BCUT2D eigenvalue weighted by Gasteiger charge is 2.27. The van der Waals surface area contributed by atoms with Crippen LogP contribution in [0.4, 0.5) is 11.4 Å². The number of halogens is 1. The van der Waals surface area contributed by atoms with Gasteiger partial charge in [-0.2, -0.15) is 0 Å². The lowest BCUT2D eigenvalue weighted by atomic mass is 10.2. The molecule has 1 heterocycles. The van der Waals surface area contributed by atoms with E-state index in [0.717, 1.165) is 4.90 Å². The first-order valence-electron chi connectivity index (χ1n) is 9.21. The van der Waals surface area contributed by atoms with Gasteiger partial charge in [-0.25, -0.2) is 8.42 Å². The molecule has 0 aliphatic carbocycles. The molecule has 1 aliphatic heterocycles. The minimum atomic E-state index is -3.70. The van der Waals surface area contributed by atoms with Gasteiger partial charge in [0.05, 0.1) is 33.7 Å². The van der Waals surface area contributed by atoms with Crippen molar-refractivity contribution in [2.24, 2.45) is 0 Å². The SMILES string of the molecule is CC[C@@H]1Sc2ccc(S(=O)(=O)CCC(=O)Nc3ccc(OC)c(Cl)c3)cc2NC1=O. The van der Waals surface area contributed by atoms with E-state index in [4.69, 9.17) is 16.3 Å². The van der Waals surface area contributed by atoms with Crippen LogP contribution in [-0.2, 0) is 19.4 Å². The number of ether oxygens (including phenoxy) is 1. The van der Waals surface area contributed by atoms with E-state index in [9.17, 15) is 18.0 Å². The molecule has 0 unspecified atom stereocenters. The Morgan fingerprint density at radius 2 is 2.03 bits per heavy atom. The number of thioether (sulfide) groups is 1. The van der Waals surface area contributed by atoms with Crippen LogP contribution in [0.15, 0.2) is 46.2 Å². The van der Waals surface area contributed by atoms with Crippen molar-refractivity contribution in [1.29, 1.82) is 0 Å². The van der Waals surface area contributed by atoms with Gasteiger partial charge in [0.2, 0.25) is 11.8 Å². The number of sulfone groups is 1. The van der Waals surface area contributed by atoms with Crippen molar-refractivity contribution in [2.75, 3.05) is 23.5 Å². The Hall–Kier alpha value is -2.23. The molecule has 0 saturated carbocycles. The van der Waals surface area contributed by atoms with E-state index in [-0.39, 0.29) is 28.2 Å². The van der Waals surface area contributed by atoms with Crippen LogP contribution in [0.5, 0.6) is 5.75 Å². The third-order valence-electron chi connectivity index (χ3n) is 4.53. The van der Waals surface area contributed by atoms with Gasteiger partial charge in [0, 0.05) is 17.0 Å². The molecule has 3 rings (SSSR count). The fourth-order valence-electron chi connectivity index (χ4n) is 2.90. The topological polar surface area (TPSA) is 102 Å². The summed E-state index contributed by atoms with van der Waals surface area (Å²) < 4.78 is 30.4. The van der Waals surface area contributed by atoms with E-state index in [1.165, 1.54) is 37.1 Å². The molecule has 2 amide bonds. The van der Waals surface area contributed by atoms with Crippen LogP contribution < -0.4 is 15.4 Å². The Morgan fingerprint density at radius 1 is 1.27 bits per heavy atom. The Kier molecular flexibility index (Phi) is 6.95. The molecule has 10 heteroatoms. The second-order valence-corrected chi connectivity index (χ2v) is 10.4. The lowest BCUT2D eigenvalue weighted by Gasteiger charge is -2.23. The third-order valence-corrected chi connectivity index (χ3v) is 7.98. The van der Waals surface area contributed by atoms with Crippen molar-refractivity contribution in [1.82, 2.24) is 0 Å². The number of fused-ring (bicyclic) bond motifs is 1. The highest BCUT2D eigenvalue weighted by molar-refractivity contribution is 8.01. The molecule has 0 fully saturated rings. The molecular formula is C20H21ClN2O5S2. The fraction of sp³-hybridized carbons (Fsp3) is 0.300. The molecule has 0 radical (unpaired) electrons. The summed E-state index contributed by atoms with van der Waals surface area (Å²) in [5.74, 6) is -0.477. The van der Waals surface area contributed by atoms with Crippen LogP contribution in [0.1, 0.15) is 19.8 Å². The number of carbonyl (C=O) groups is 2. The second kappa shape index (κ2) is 9.28. The van der Waals surface area contributed by atoms with Crippen LogP contribution in [0, 0.1) is 0 Å². The maximum atomic E-state index is 12.7. The third kappa shape index (κ3) is 5.08. The van der Waals surface area contributed by atoms with Gasteiger partial charge in [-0.1, -0.05) is 18.5 Å². The summed E-state index contributed by atoms with van der Waals surface area (Å²) in [6.07, 6.45) is 0.465. The highest BCUT2D eigenvalue weighted by Crippen LogP contribution is 2.38. The maximum absolute atomic E-state index is 12.7. The average molecular weight is 469 g/mol. The van der Waals surface area contributed by atoms with Gasteiger partial charge in [0.25, 0.3) is 0 Å². The zero-order valence-corrected chi connectivity index (χ0v) is 18.8. The van der Waals surface area contributed by atoms with E-state index in [1.807, 2.05) is 6.92 Å². The summed E-state index contributed by atoms with van der Waals surface area (Å²) in [4.78, 5) is 25.1. The number of amides is 2. The molecule has 7 nitrogen and oxygen atoms in total. The predicted molar refractivity (Wildman–Crippen MR) is 118 cm³/mol. The predicted octanol–water partition coefficient (Wildman–Crippen LogP) is 3.97. The number of methoxy groups -OCH3 is 1. The van der Waals surface area contributed by atoms with Crippen LogP contribution in [0.2, 0.25) is 5.02 Å². The van der Waals surface area contributed by atoms with Crippen LogP contribution in [-0.4, -0.2) is 38.3 Å². The van der Waals surface area contributed by atoms with Crippen LogP contribution in [0.3, 0.4) is 0 Å². The lowest BCUT2D eigenvalue weighted by Crippen LogP contribution is -2.28. The van der Waals surface area contributed by atoms with E-state index in [0.29, 0.717) is 28.6 Å². The smallest absolute Gasteiger partial charge is 0.237 e. The minimum Gasteiger partial charge on any atom is -0.495 e. The molecule has 160 valence electrons. The molecule has 0 saturated heterocycles. The summed E-state index contributed by atoms with van der Waals surface area (Å²) in [5.41, 5.74) is 0.926. The number of carbonyl (C=O) groups excluding carboxylic acids is 2.